The minimum atomic E-state index is -0.397. The van der Waals surface area contributed by atoms with Crippen LogP contribution in [0.2, 0.25) is 10.0 Å². The van der Waals surface area contributed by atoms with Gasteiger partial charge in [0.25, 0.3) is 0 Å². The molecule has 0 spiro atoms. The Labute approximate surface area is 121 Å². The predicted octanol–water partition coefficient (Wildman–Crippen LogP) is 5.36. The second kappa shape index (κ2) is 6.09. The molecule has 0 N–H and O–H groups in total. The van der Waals surface area contributed by atoms with Crippen molar-refractivity contribution >= 4 is 23.2 Å². The van der Waals surface area contributed by atoms with Crippen LogP contribution < -0.4 is 4.74 Å². The van der Waals surface area contributed by atoms with Crippen molar-refractivity contribution in [2.75, 3.05) is 6.61 Å². The van der Waals surface area contributed by atoms with E-state index in [4.69, 9.17) is 27.9 Å². The molecule has 2 aromatic rings. The average Bonchev–Trinajstić information content (AvgIpc) is 2.37. The lowest BCUT2D eigenvalue weighted by Gasteiger charge is -2.12. The first-order chi connectivity index (χ1) is 9.13. The van der Waals surface area contributed by atoms with Gasteiger partial charge in [-0.15, -0.1) is 0 Å². The summed E-state index contributed by atoms with van der Waals surface area (Å²) in [5.41, 5.74) is 0.870. The quantitative estimate of drug-likeness (QED) is 0.690. The largest absolute Gasteiger partial charge is 0.489 e. The van der Waals surface area contributed by atoms with Gasteiger partial charge in [-0.2, -0.15) is 0 Å². The summed E-state index contributed by atoms with van der Waals surface area (Å²) in [5, 5.41) is 0.875. The zero-order chi connectivity index (χ0) is 13.8. The normalized spacial score (nSPS) is 10.3. The molecule has 0 aliphatic rings. The third-order valence-electron chi connectivity index (χ3n) is 2.53. The van der Waals surface area contributed by atoms with Gasteiger partial charge >= 0.3 is 0 Å². The maximum Gasteiger partial charge on any atom is 0.134 e. The van der Waals surface area contributed by atoms with Gasteiger partial charge in [-0.05, 0) is 24.3 Å². The van der Waals surface area contributed by atoms with Gasteiger partial charge in [0.15, 0.2) is 0 Å². The van der Waals surface area contributed by atoms with Gasteiger partial charge in [-0.25, -0.2) is 4.39 Å². The van der Waals surface area contributed by atoms with Gasteiger partial charge in [-0.1, -0.05) is 48.0 Å². The van der Waals surface area contributed by atoms with E-state index in [0.29, 0.717) is 33.5 Å². The molecule has 0 aliphatic carbocycles. The number of hydrogen-bond donors (Lipinski definition) is 0. The first-order valence-corrected chi connectivity index (χ1v) is 6.36. The first kappa shape index (κ1) is 13.9. The molecule has 19 heavy (non-hydrogen) atoms. The maximum atomic E-state index is 14.0. The van der Waals surface area contributed by atoms with E-state index in [1.165, 1.54) is 6.07 Å². The molecule has 0 bridgehead atoms. The minimum Gasteiger partial charge on any atom is -0.489 e. The number of halogens is 3. The summed E-state index contributed by atoms with van der Waals surface area (Å²) in [6, 6.07) is 9.54. The van der Waals surface area contributed by atoms with Crippen LogP contribution in [0.4, 0.5) is 4.39 Å². The van der Waals surface area contributed by atoms with Crippen molar-refractivity contribution in [1.29, 1.82) is 0 Å². The molecule has 2 rings (SSSR count). The summed E-state index contributed by atoms with van der Waals surface area (Å²) < 4.78 is 19.5. The Kier molecular flexibility index (Phi) is 4.46. The number of rotatable bonds is 4. The summed E-state index contributed by atoms with van der Waals surface area (Å²) in [5.74, 6) is 0.0231. The molecule has 0 radical (unpaired) electrons. The van der Waals surface area contributed by atoms with Crippen molar-refractivity contribution < 1.29 is 9.13 Å². The zero-order valence-corrected chi connectivity index (χ0v) is 11.5. The van der Waals surface area contributed by atoms with Gasteiger partial charge in [0.2, 0.25) is 0 Å². The van der Waals surface area contributed by atoms with Crippen molar-refractivity contribution in [2.24, 2.45) is 0 Å². The Morgan fingerprint density at radius 2 is 2.00 bits per heavy atom. The highest BCUT2D eigenvalue weighted by Crippen LogP contribution is 2.38. The molecular formula is C15H11Cl2FO. The van der Waals surface area contributed by atoms with Crippen molar-refractivity contribution in [2.45, 2.75) is 0 Å². The average molecular weight is 297 g/mol. The molecule has 98 valence electrons. The highest BCUT2D eigenvalue weighted by atomic mass is 35.5. The lowest BCUT2D eigenvalue weighted by Crippen LogP contribution is -1.97. The number of benzene rings is 2. The van der Waals surface area contributed by atoms with Crippen LogP contribution >= 0.6 is 23.2 Å². The summed E-state index contributed by atoms with van der Waals surface area (Å²) in [7, 11) is 0. The van der Waals surface area contributed by atoms with Crippen LogP contribution in [-0.4, -0.2) is 6.61 Å². The van der Waals surface area contributed by atoms with Gasteiger partial charge in [-0.3, -0.25) is 0 Å². The third kappa shape index (κ3) is 3.09. The Morgan fingerprint density at radius 1 is 1.21 bits per heavy atom. The Morgan fingerprint density at radius 3 is 2.68 bits per heavy atom. The third-order valence-corrected chi connectivity index (χ3v) is 3.08. The van der Waals surface area contributed by atoms with E-state index < -0.39 is 5.82 Å². The van der Waals surface area contributed by atoms with Gasteiger partial charge in [0.05, 0.1) is 10.6 Å². The lowest BCUT2D eigenvalue weighted by atomic mass is 10.0. The molecule has 0 atom stereocenters. The van der Waals surface area contributed by atoms with Crippen LogP contribution in [0, 0.1) is 5.82 Å². The molecule has 0 aliphatic heterocycles. The molecular weight excluding hydrogens is 286 g/mol. The van der Waals surface area contributed by atoms with Crippen molar-refractivity contribution in [1.82, 2.24) is 0 Å². The van der Waals surface area contributed by atoms with Crippen LogP contribution in [0.1, 0.15) is 0 Å². The molecule has 4 heteroatoms. The molecule has 0 aromatic heterocycles. The topological polar surface area (TPSA) is 9.23 Å². The van der Waals surface area contributed by atoms with Crippen molar-refractivity contribution in [3.8, 4) is 16.9 Å². The second-order valence-electron chi connectivity index (χ2n) is 3.84. The maximum absolute atomic E-state index is 14.0. The van der Waals surface area contributed by atoms with Gasteiger partial charge < -0.3 is 4.74 Å². The molecule has 0 saturated carbocycles. The van der Waals surface area contributed by atoms with Crippen molar-refractivity contribution in [3.63, 3.8) is 0 Å². The first-order valence-electron chi connectivity index (χ1n) is 5.61. The molecule has 0 heterocycles. The smallest absolute Gasteiger partial charge is 0.134 e. The fourth-order valence-corrected chi connectivity index (χ4v) is 2.23. The minimum absolute atomic E-state index is 0.293. The van der Waals surface area contributed by atoms with Crippen LogP contribution in [0.15, 0.2) is 49.1 Å². The number of hydrogen-bond acceptors (Lipinski definition) is 1. The SMILES string of the molecule is C=CCOc1cccc(F)c1-c1ccc(Cl)cc1Cl. The van der Waals surface area contributed by atoms with E-state index in [-0.39, 0.29) is 0 Å². The molecule has 1 nitrogen and oxygen atoms in total. The molecule has 0 unspecified atom stereocenters. The Hall–Kier alpha value is -1.51. The highest BCUT2D eigenvalue weighted by molar-refractivity contribution is 6.36. The summed E-state index contributed by atoms with van der Waals surface area (Å²) in [6.07, 6.45) is 1.60. The fraction of sp³-hybridized carbons (Fsp3) is 0.0667. The Bertz CT molecular complexity index is 611. The van der Waals surface area contributed by atoms with Crippen LogP contribution in [0.5, 0.6) is 5.75 Å². The van der Waals surface area contributed by atoms with E-state index in [9.17, 15) is 4.39 Å². The van der Waals surface area contributed by atoms with E-state index in [2.05, 4.69) is 6.58 Å². The van der Waals surface area contributed by atoms with E-state index >= 15 is 0 Å². The van der Waals surface area contributed by atoms with E-state index in [1.807, 2.05) is 0 Å². The second-order valence-corrected chi connectivity index (χ2v) is 4.68. The summed E-state index contributed by atoms with van der Waals surface area (Å²) in [6.45, 7) is 3.86. The molecule has 0 fully saturated rings. The molecule has 2 aromatic carbocycles. The predicted molar refractivity (Wildman–Crippen MR) is 77.5 cm³/mol. The van der Waals surface area contributed by atoms with Gasteiger partial charge in [0, 0.05) is 10.6 Å². The van der Waals surface area contributed by atoms with Crippen LogP contribution in [-0.2, 0) is 0 Å². The Balaban J connectivity index is 2.56. The van der Waals surface area contributed by atoms with Crippen molar-refractivity contribution in [3.05, 3.63) is 64.9 Å². The highest BCUT2D eigenvalue weighted by Gasteiger charge is 2.15. The standard InChI is InChI=1S/C15H11Cl2FO/c1-2-8-19-14-5-3-4-13(18)15(14)11-7-6-10(16)9-12(11)17/h2-7,9H,1,8H2. The summed E-state index contributed by atoms with van der Waals surface area (Å²) in [4.78, 5) is 0. The van der Waals surface area contributed by atoms with E-state index in [1.54, 1.807) is 36.4 Å². The van der Waals surface area contributed by atoms with Crippen LogP contribution in [0.25, 0.3) is 11.1 Å². The lowest BCUT2D eigenvalue weighted by molar-refractivity contribution is 0.362. The van der Waals surface area contributed by atoms with Gasteiger partial charge in [0.1, 0.15) is 18.2 Å². The zero-order valence-electron chi connectivity index (χ0n) is 10.00. The molecule has 0 saturated heterocycles. The molecule has 0 amide bonds. The summed E-state index contributed by atoms with van der Waals surface area (Å²) >= 11 is 12.0. The number of ether oxygens (including phenoxy) is 1. The van der Waals surface area contributed by atoms with Crippen LogP contribution in [0.3, 0.4) is 0 Å². The monoisotopic (exact) mass is 296 g/mol. The fourth-order valence-electron chi connectivity index (χ4n) is 1.73. The van der Waals surface area contributed by atoms with E-state index in [0.717, 1.165) is 0 Å².